The highest BCUT2D eigenvalue weighted by atomic mass is 32.1. The highest BCUT2D eigenvalue weighted by Gasteiger charge is 2.27. The zero-order valence-corrected chi connectivity index (χ0v) is 14.9. The lowest BCUT2D eigenvalue weighted by Crippen LogP contribution is -2.39. The predicted molar refractivity (Wildman–Crippen MR) is 93.6 cm³/mol. The van der Waals surface area contributed by atoms with Crippen molar-refractivity contribution in [2.75, 3.05) is 13.1 Å². The molecule has 1 aliphatic heterocycles. The van der Waals surface area contributed by atoms with Crippen LogP contribution in [0.2, 0.25) is 0 Å². The normalized spacial score (nSPS) is 17.9. The maximum absolute atomic E-state index is 12.7. The molecule has 0 spiro atoms. The fourth-order valence-corrected chi connectivity index (χ4v) is 3.99. The van der Waals surface area contributed by atoms with Crippen molar-refractivity contribution in [1.82, 2.24) is 19.9 Å². The molecule has 1 aliphatic rings. The molecule has 0 radical (unpaired) electrons. The SMILES string of the molecule is CCCc1nc(C(=O)N2CCC[C@H](c3cc(=O)[nH]c(C)n3)C2)cs1. The Morgan fingerprint density at radius 1 is 1.46 bits per heavy atom. The van der Waals surface area contributed by atoms with Crippen molar-refractivity contribution in [2.24, 2.45) is 0 Å². The quantitative estimate of drug-likeness (QED) is 0.922. The van der Waals surface area contributed by atoms with Gasteiger partial charge in [-0.3, -0.25) is 9.59 Å². The minimum Gasteiger partial charge on any atom is -0.337 e. The van der Waals surface area contributed by atoms with Crippen molar-refractivity contribution in [1.29, 1.82) is 0 Å². The zero-order chi connectivity index (χ0) is 17.1. The van der Waals surface area contributed by atoms with Gasteiger partial charge in [0, 0.05) is 30.5 Å². The Morgan fingerprint density at radius 2 is 2.29 bits per heavy atom. The van der Waals surface area contributed by atoms with Crippen molar-refractivity contribution >= 4 is 17.2 Å². The summed E-state index contributed by atoms with van der Waals surface area (Å²) in [7, 11) is 0. The van der Waals surface area contributed by atoms with Gasteiger partial charge in [-0.1, -0.05) is 6.92 Å². The second-order valence-electron chi connectivity index (χ2n) is 6.22. The zero-order valence-electron chi connectivity index (χ0n) is 14.0. The van der Waals surface area contributed by atoms with Crippen LogP contribution in [0.15, 0.2) is 16.2 Å². The molecule has 24 heavy (non-hydrogen) atoms. The summed E-state index contributed by atoms with van der Waals surface area (Å²) in [5.74, 6) is 0.710. The average molecular weight is 346 g/mol. The van der Waals surface area contributed by atoms with E-state index in [1.807, 2.05) is 10.3 Å². The number of piperidine rings is 1. The number of nitrogens with zero attached hydrogens (tertiary/aromatic N) is 3. The number of thiazole rings is 1. The Bertz CT molecular complexity index is 783. The number of aryl methyl sites for hydroxylation is 2. The molecule has 0 saturated carbocycles. The topological polar surface area (TPSA) is 79.0 Å². The van der Waals surface area contributed by atoms with Gasteiger partial charge in [0.1, 0.15) is 11.5 Å². The summed E-state index contributed by atoms with van der Waals surface area (Å²) < 4.78 is 0. The van der Waals surface area contributed by atoms with Gasteiger partial charge >= 0.3 is 0 Å². The maximum atomic E-state index is 12.7. The first kappa shape index (κ1) is 16.8. The number of hydrogen-bond acceptors (Lipinski definition) is 5. The summed E-state index contributed by atoms with van der Waals surface area (Å²) >= 11 is 1.55. The van der Waals surface area contributed by atoms with E-state index in [0.717, 1.165) is 42.9 Å². The Labute approximate surface area is 145 Å². The van der Waals surface area contributed by atoms with Gasteiger partial charge in [0.25, 0.3) is 11.5 Å². The Hall–Kier alpha value is -2.02. The molecule has 1 amide bonds. The van der Waals surface area contributed by atoms with E-state index in [0.29, 0.717) is 18.1 Å². The van der Waals surface area contributed by atoms with E-state index >= 15 is 0 Å². The van der Waals surface area contributed by atoms with E-state index in [1.165, 1.54) is 0 Å². The highest BCUT2D eigenvalue weighted by Crippen LogP contribution is 2.26. The van der Waals surface area contributed by atoms with Gasteiger partial charge in [-0.2, -0.15) is 0 Å². The minimum absolute atomic E-state index is 0.0140. The first-order chi connectivity index (χ1) is 11.6. The summed E-state index contributed by atoms with van der Waals surface area (Å²) in [6.45, 7) is 5.21. The van der Waals surface area contributed by atoms with E-state index in [1.54, 1.807) is 24.3 Å². The van der Waals surface area contributed by atoms with Gasteiger partial charge in [0.15, 0.2) is 0 Å². The van der Waals surface area contributed by atoms with Crippen LogP contribution in [0.5, 0.6) is 0 Å². The van der Waals surface area contributed by atoms with E-state index < -0.39 is 0 Å². The molecule has 1 N–H and O–H groups in total. The third-order valence-electron chi connectivity index (χ3n) is 4.24. The van der Waals surface area contributed by atoms with Crippen LogP contribution in [-0.4, -0.2) is 38.8 Å². The Kier molecular flexibility index (Phi) is 5.08. The molecular formula is C17H22N4O2S. The molecule has 3 heterocycles. The number of likely N-dealkylation sites (tertiary alicyclic amines) is 1. The summed E-state index contributed by atoms with van der Waals surface area (Å²) in [6.07, 6.45) is 3.80. The third-order valence-corrected chi connectivity index (χ3v) is 5.15. The summed E-state index contributed by atoms with van der Waals surface area (Å²) in [5.41, 5.74) is 1.18. The molecule has 0 aliphatic carbocycles. The number of carbonyl (C=O) groups excluding carboxylic acids is 1. The lowest BCUT2D eigenvalue weighted by Gasteiger charge is -2.32. The van der Waals surface area contributed by atoms with E-state index in [-0.39, 0.29) is 17.4 Å². The molecule has 3 rings (SSSR count). The predicted octanol–water partition coefficient (Wildman–Crippen LogP) is 2.51. The third kappa shape index (κ3) is 3.72. The first-order valence-corrected chi connectivity index (χ1v) is 9.26. The van der Waals surface area contributed by atoms with Crippen molar-refractivity contribution in [3.8, 4) is 0 Å². The van der Waals surface area contributed by atoms with E-state index in [2.05, 4.69) is 21.9 Å². The number of H-pyrrole nitrogens is 1. The van der Waals surface area contributed by atoms with Crippen molar-refractivity contribution in [3.63, 3.8) is 0 Å². The summed E-state index contributed by atoms with van der Waals surface area (Å²) in [6, 6.07) is 1.55. The van der Waals surface area contributed by atoms with Crippen LogP contribution in [0.1, 0.15) is 59.1 Å². The molecule has 1 atom stereocenters. The molecule has 128 valence electrons. The van der Waals surface area contributed by atoms with Crippen molar-refractivity contribution in [3.05, 3.63) is 44.0 Å². The number of carbonyl (C=O) groups is 1. The van der Waals surface area contributed by atoms with Gasteiger partial charge in [-0.25, -0.2) is 9.97 Å². The Balaban J connectivity index is 1.74. The highest BCUT2D eigenvalue weighted by molar-refractivity contribution is 7.09. The molecule has 1 fully saturated rings. The molecule has 7 heteroatoms. The average Bonchev–Trinajstić information content (AvgIpc) is 3.02. The van der Waals surface area contributed by atoms with Crippen LogP contribution in [0.3, 0.4) is 0 Å². The fraction of sp³-hybridized carbons (Fsp3) is 0.529. The monoisotopic (exact) mass is 346 g/mol. The molecule has 6 nitrogen and oxygen atoms in total. The fourth-order valence-electron chi connectivity index (χ4n) is 3.11. The van der Waals surface area contributed by atoms with Crippen LogP contribution in [0.25, 0.3) is 0 Å². The van der Waals surface area contributed by atoms with E-state index in [9.17, 15) is 9.59 Å². The number of aromatic nitrogens is 3. The van der Waals surface area contributed by atoms with Crippen LogP contribution >= 0.6 is 11.3 Å². The molecule has 0 aromatic carbocycles. The lowest BCUT2D eigenvalue weighted by molar-refractivity contribution is 0.0700. The standard InChI is InChI=1S/C17H22N4O2S/c1-3-5-16-20-14(10-24-16)17(23)21-7-4-6-12(9-21)13-8-15(22)19-11(2)18-13/h8,10,12H,3-7,9H2,1-2H3,(H,18,19,22)/t12-/m0/s1. The number of rotatable bonds is 4. The largest absolute Gasteiger partial charge is 0.337 e. The number of nitrogens with one attached hydrogen (secondary N) is 1. The number of aromatic amines is 1. The van der Waals surface area contributed by atoms with Crippen molar-refractivity contribution < 1.29 is 4.79 Å². The molecule has 0 unspecified atom stereocenters. The summed E-state index contributed by atoms with van der Waals surface area (Å²) in [4.78, 5) is 37.8. The van der Waals surface area contributed by atoms with Crippen LogP contribution in [0, 0.1) is 6.92 Å². The van der Waals surface area contributed by atoms with Crippen molar-refractivity contribution in [2.45, 2.75) is 45.4 Å². The van der Waals surface area contributed by atoms with Gasteiger partial charge < -0.3 is 9.88 Å². The molecule has 1 saturated heterocycles. The van der Waals surface area contributed by atoms with Crippen LogP contribution in [0.4, 0.5) is 0 Å². The van der Waals surface area contributed by atoms with Crippen LogP contribution in [-0.2, 0) is 6.42 Å². The minimum atomic E-state index is -0.135. The molecule has 2 aromatic heterocycles. The van der Waals surface area contributed by atoms with Gasteiger partial charge in [0.2, 0.25) is 0 Å². The van der Waals surface area contributed by atoms with Gasteiger partial charge in [-0.05, 0) is 32.6 Å². The maximum Gasteiger partial charge on any atom is 0.273 e. The first-order valence-electron chi connectivity index (χ1n) is 8.38. The molecular weight excluding hydrogens is 324 g/mol. The second-order valence-corrected chi connectivity index (χ2v) is 7.17. The molecule has 2 aromatic rings. The van der Waals surface area contributed by atoms with Gasteiger partial charge in [-0.15, -0.1) is 11.3 Å². The molecule has 0 bridgehead atoms. The Morgan fingerprint density at radius 3 is 3.04 bits per heavy atom. The van der Waals surface area contributed by atoms with Gasteiger partial charge in [0.05, 0.1) is 10.7 Å². The lowest BCUT2D eigenvalue weighted by atomic mass is 9.94. The van der Waals surface area contributed by atoms with E-state index in [4.69, 9.17) is 0 Å². The van der Waals surface area contributed by atoms with Crippen LogP contribution < -0.4 is 5.56 Å². The smallest absolute Gasteiger partial charge is 0.273 e. The number of amides is 1. The second kappa shape index (κ2) is 7.25. The summed E-state index contributed by atoms with van der Waals surface area (Å²) in [5, 5.41) is 2.87. The number of hydrogen-bond donors (Lipinski definition) is 1.